The molecule has 34 heavy (non-hydrogen) atoms. The molecule has 2 saturated heterocycles. The lowest BCUT2D eigenvalue weighted by atomic mass is 10.0. The number of hydrogen-bond donors (Lipinski definition) is 1. The molecule has 0 saturated carbocycles. The molecule has 0 atom stereocenters. The van der Waals surface area contributed by atoms with Crippen LogP contribution in [0.1, 0.15) is 42.9 Å². The lowest BCUT2D eigenvalue weighted by Crippen LogP contribution is -2.47. The number of anilines is 1. The topological polar surface area (TPSA) is 110 Å². The highest BCUT2D eigenvalue weighted by atomic mass is 32.2. The van der Waals surface area contributed by atoms with Gasteiger partial charge in [0.2, 0.25) is 0 Å². The summed E-state index contributed by atoms with van der Waals surface area (Å²) in [7, 11) is 2.05. The first kappa shape index (κ1) is 25.9. The van der Waals surface area contributed by atoms with E-state index in [1.165, 1.54) is 4.90 Å². The molecule has 2 aliphatic rings. The zero-order chi connectivity index (χ0) is 25.0. The largest absolute Gasteiger partial charge is 0.481 e. The minimum atomic E-state index is -1.01. The lowest BCUT2D eigenvalue weighted by molar-refractivity contribution is -0.137. The smallest absolute Gasteiger partial charge is 0.305 e. The molecule has 0 spiro atoms. The third kappa shape index (κ3) is 5.35. The van der Waals surface area contributed by atoms with Gasteiger partial charge in [-0.1, -0.05) is 37.3 Å². The molecule has 0 aliphatic carbocycles. The number of pyridine rings is 1. The molecule has 3 heterocycles. The van der Waals surface area contributed by atoms with E-state index in [0.717, 1.165) is 43.5 Å². The van der Waals surface area contributed by atoms with Crippen molar-refractivity contribution >= 4 is 52.1 Å². The summed E-state index contributed by atoms with van der Waals surface area (Å²) < 4.78 is 1.98. The summed E-state index contributed by atoms with van der Waals surface area (Å²) in [6.07, 6.45) is 3.19. The van der Waals surface area contributed by atoms with E-state index in [1.54, 1.807) is 17.6 Å². The summed E-state index contributed by atoms with van der Waals surface area (Å²) in [5.74, 6) is -0.642. The lowest BCUT2D eigenvalue weighted by Gasteiger charge is -2.36. The molecular weight excluding hydrogens is 474 g/mol. The van der Waals surface area contributed by atoms with Gasteiger partial charge in [0.25, 0.3) is 11.5 Å². The van der Waals surface area contributed by atoms with Crippen molar-refractivity contribution in [3.05, 3.63) is 31.9 Å². The van der Waals surface area contributed by atoms with Crippen LogP contribution in [-0.2, 0) is 16.1 Å². The van der Waals surface area contributed by atoms with E-state index < -0.39 is 5.97 Å². The Morgan fingerprint density at radius 1 is 1.24 bits per heavy atom. The number of nitriles is 1. The fourth-order valence-corrected chi connectivity index (χ4v) is 5.35. The van der Waals surface area contributed by atoms with Crippen LogP contribution in [0.25, 0.3) is 6.08 Å². The number of piperazine rings is 1. The molecule has 11 heteroatoms. The maximum Gasteiger partial charge on any atom is 0.305 e. The van der Waals surface area contributed by atoms with Crippen LogP contribution in [0.4, 0.5) is 5.82 Å². The Kier molecular flexibility index (Phi) is 8.52. The summed E-state index contributed by atoms with van der Waals surface area (Å²) in [4.78, 5) is 43.4. The minimum Gasteiger partial charge on any atom is -0.481 e. The molecule has 1 aromatic rings. The Hall–Kier alpha value is -2.68. The van der Waals surface area contributed by atoms with Gasteiger partial charge in [0.15, 0.2) is 0 Å². The molecule has 0 aromatic carbocycles. The molecule has 0 radical (unpaired) electrons. The van der Waals surface area contributed by atoms with E-state index >= 15 is 0 Å². The normalized spacial score (nSPS) is 18.1. The molecule has 2 fully saturated rings. The van der Waals surface area contributed by atoms with Crippen LogP contribution >= 0.6 is 24.0 Å². The van der Waals surface area contributed by atoms with Gasteiger partial charge in [0.05, 0.1) is 11.3 Å². The molecule has 3 rings (SSSR count). The van der Waals surface area contributed by atoms with Gasteiger partial charge >= 0.3 is 5.97 Å². The monoisotopic (exact) mass is 503 g/mol. The van der Waals surface area contributed by atoms with E-state index in [-0.39, 0.29) is 30.0 Å². The van der Waals surface area contributed by atoms with Crippen LogP contribution in [0.3, 0.4) is 0 Å². The van der Waals surface area contributed by atoms with Crippen molar-refractivity contribution in [2.45, 2.75) is 39.7 Å². The number of carboxylic acids is 1. The number of carbonyl (C=O) groups excluding carboxylic acids is 1. The molecule has 1 N–H and O–H groups in total. The third-order valence-electron chi connectivity index (χ3n) is 6.08. The number of carboxylic acid groups (broad SMARTS) is 1. The van der Waals surface area contributed by atoms with E-state index in [2.05, 4.69) is 22.9 Å². The summed E-state index contributed by atoms with van der Waals surface area (Å²) in [5.41, 5.74) is 0.954. The SMILES string of the molecule is CCCCn1c(N2CCN(C)CC2)c(/C=C2/SC(=S)N(CCC(=O)O)C2=O)c(C)c(C#N)c1=O. The second-order valence-corrected chi connectivity index (χ2v) is 10.1. The number of aromatic nitrogens is 1. The van der Waals surface area contributed by atoms with E-state index in [1.807, 2.05) is 6.92 Å². The van der Waals surface area contributed by atoms with Crippen molar-refractivity contribution in [2.24, 2.45) is 0 Å². The molecule has 1 amide bonds. The number of aliphatic carboxylic acids is 1. The van der Waals surface area contributed by atoms with Gasteiger partial charge in [-0.05, 0) is 32.0 Å². The quantitative estimate of drug-likeness (QED) is 0.422. The second kappa shape index (κ2) is 11.2. The standard InChI is InChI=1S/C23H29N5O4S2/c1-4-5-7-27-20(26-11-9-25(3)10-12-26)16(15(2)17(14-24)21(27)31)13-18-22(32)28(23(33)34-18)8-6-19(29)30/h13H,4-12H2,1-3H3,(H,29,30)/b18-13+. The summed E-state index contributed by atoms with van der Waals surface area (Å²) in [6.45, 7) is 7.36. The summed E-state index contributed by atoms with van der Waals surface area (Å²) in [5, 5.41) is 18.8. The van der Waals surface area contributed by atoms with E-state index in [9.17, 15) is 19.6 Å². The van der Waals surface area contributed by atoms with Crippen LogP contribution in [0.5, 0.6) is 0 Å². The van der Waals surface area contributed by atoms with E-state index in [0.29, 0.717) is 40.0 Å². The van der Waals surface area contributed by atoms with Gasteiger partial charge in [-0.15, -0.1) is 0 Å². The summed E-state index contributed by atoms with van der Waals surface area (Å²) >= 11 is 6.44. The number of nitrogens with zero attached hydrogens (tertiary/aromatic N) is 5. The number of carbonyl (C=O) groups is 2. The van der Waals surface area contributed by atoms with Gasteiger partial charge in [0.1, 0.15) is 21.8 Å². The van der Waals surface area contributed by atoms with Crippen molar-refractivity contribution in [3.8, 4) is 6.07 Å². The maximum atomic E-state index is 13.3. The zero-order valence-electron chi connectivity index (χ0n) is 19.7. The first-order valence-electron chi connectivity index (χ1n) is 11.3. The van der Waals surface area contributed by atoms with Crippen molar-refractivity contribution < 1.29 is 14.7 Å². The molecule has 0 unspecified atom stereocenters. The Balaban J connectivity index is 2.16. The Labute approximate surface area is 208 Å². The number of thioether (sulfide) groups is 1. The third-order valence-corrected chi connectivity index (χ3v) is 7.46. The number of hydrogen-bond acceptors (Lipinski definition) is 8. The van der Waals surface area contributed by atoms with Crippen LogP contribution < -0.4 is 10.5 Å². The first-order valence-corrected chi connectivity index (χ1v) is 12.5. The Morgan fingerprint density at radius 3 is 2.50 bits per heavy atom. The van der Waals surface area contributed by atoms with E-state index in [4.69, 9.17) is 17.3 Å². The Morgan fingerprint density at radius 2 is 1.91 bits per heavy atom. The van der Waals surface area contributed by atoms with Gasteiger partial charge in [-0.2, -0.15) is 5.26 Å². The highest BCUT2D eigenvalue weighted by molar-refractivity contribution is 8.26. The molecule has 182 valence electrons. The molecular formula is C23H29N5O4S2. The van der Waals surface area contributed by atoms with Crippen LogP contribution in [0, 0.1) is 18.3 Å². The average molecular weight is 504 g/mol. The predicted octanol–water partition coefficient (Wildman–Crippen LogP) is 2.26. The number of thiocarbonyl (C=S) groups is 1. The van der Waals surface area contributed by atoms with Gasteiger partial charge in [-0.3, -0.25) is 23.9 Å². The van der Waals surface area contributed by atoms with Crippen molar-refractivity contribution in [2.75, 3.05) is 44.7 Å². The number of unbranched alkanes of at least 4 members (excludes halogenated alkanes) is 1. The van der Waals surface area contributed by atoms with Gasteiger partial charge in [-0.25, -0.2) is 0 Å². The summed E-state index contributed by atoms with van der Waals surface area (Å²) in [6, 6.07) is 2.06. The highest BCUT2D eigenvalue weighted by Crippen LogP contribution is 2.36. The molecule has 1 aromatic heterocycles. The molecule has 9 nitrogen and oxygen atoms in total. The van der Waals surface area contributed by atoms with Crippen molar-refractivity contribution in [3.63, 3.8) is 0 Å². The zero-order valence-corrected chi connectivity index (χ0v) is 21.3. The number of amides is 1. The van der Waals surface area contributed by atoms with Gasteiger partial charge < -0.3 is 14.9 Å². The number of rotatable bonds is 8. The van der Waals surface area contributed by atoms with Crippen molar-refractivity contribution in [1.82, 2.24) is 14.4 Å². The van der Waals surface area contributed by atoms with Crippen molar-refractivity contribution in [1.29, 1.82) is 5.26 Å². The van der Waals surface area contributed by atoms with Crippen LogP contribution in [0.15, 0.2) is 9.70 Å². The fraction of sp³-hybridized carbons (Fsp3) is 0.522. The second-order valence-electron chi connectivity index (χ2n) is 8.43. The number of likely N-dealkylation sites (N-methyl/N-ethyl adjacent to an activating group) is 1. The first-order chi connectivity index (χ1) is 16.2. The molecule has 0 bridgehead atoms. The van der Waals surface area contributed by atoms with Crippen LogP contribution in [-0.4, -0.2) is 75.4 Å². The predicted molar refractivity (Wildman–Crippen MR) is 137 cm³/mol. The average Bonchev–Trinajstić information content (AvgIpc) is 3.06. The highest BCUT2D eigenvalue weighted by Gasteiger charge is 2.33. The maximum absolute atomic E-state index is 13.3. The van der Waals surface area contributed by atoms with Crippen LogP contribution in [0.2, 0.25) is 0 Å². The fourth-order valence-electron chi connectivity index (χ4n) is 4.06. The molecule has 2 aliphatic heterocycles. The minimum absolute atomic E-state index is 0.00107. The van der Waals surface area contributed by atoms with Gasteiger partial charge in [0, 0.05) is 44.8 Å². The Bertz CT molecular complexity index is 1130.